The fourth-order valence-corrected chi connectivity index (χ4v) is 2.94. The molecule has 1 rings (SSSR count). The van der Waals surface area contributed by atoms with Crippen LogP contribution in [0.5, 0.6) is 0 Å². The Hall–Kier alpha value is 0.100. The molecule has 0 spiro atoms. The first-order chi connectivity index (χ1) is 7.24. The lowest BCUT2D eigenvalue weighted by Crippen LogP contribution is -2.11. The summed E-state index contributed by atoms with van der Waals surface area (Å²) in [5, 5.41) is 11.8. The highest BCUT2D eigenvalue weighted by Crippen LogP contribution is 2.24. The van der Waals surface area contributed by atoms with Crippen molar-refractivity contribution in [3.05, 3.63) is 20.8 Å². The first-order valence-electron chi connectivity index (χ1n) is 5.21. The molecule has 1 N–H and O–H groups in total. The van der Waals surface area contributed by atoms with E-state index in [2.05, 4.69) is 15.9 Å². The molecule has 0 fully saturated rings. The van der Waals surface area contributed by atoms with Crippen molar-refractivity contribution in [3.63, 3.8) is 0 Å². The van der Waals surface area contributed by atoms with Crippen LogP contribution in [0.2, 0.25) is 0 Å². The van der Waals surface area contributed by atoms with Crippen LogP contribution in [0.15, 0.2) is 15.9 Å². The molecule has 1 aromatic rings. The lowest BCUT2D eigenvalue weighted by atomic mass is 10.1. The largest absolute Gasteiger partial charge is 0.393 e. The second-order valence-corrected chi connectivity index (χ2v) is 5.24. The van der Waals surface area contributed by atoms with Crippen LogP contribution < -0.4 is 0 Å². The molecule has 0 bridgehead atoms. The number of rotatable bonds is 7. The van der Waals surface area contributed by atoms with Gasteiger partial charge in [-0.2, -0.15) is 0 Å². The van der Waals surface area contributed by atoms with Gasteiger partial charge in [-0.25, -0.2) is 0 Å². The van der Waals surface area contributed by atoms with Crippen molar-refractivity contribution >= 4 is 27.3 Å². The maximum Gasteiger partial charge on any atom is 0.0589 e. The lowest BCUT2D eigenvalue weighted by molar-refractivity contribution is 0.114. The summed E-state index contributed by atoms with van der Waals surface area (Å²) < 4.78 is 6.33. The van der Waals surface area contributed by atoms with E-state index in [4.69, 9.17) is 4.74 Å². The molecule has 15 heavy (non-hydrogen) atoms. The van der Waals surface area contributed by atoms with Gasteiger partial charge in [-0.15, -0.1) is 11.3 Å². The minimum Gasteiger partial charge on any atom is -0.393 e. The highest BCUT2D eigenvalue weighted by molar-refractivity contribution is 9.10. The average molecular weight is 293 g/mol. The number of aliphatic hydroxyl groups excluding tert-OH is 1. The van der Waals surface area contributed by atoms with E-state index in [1.54, 1.807) is 11.3 Å². The molecule has 1 aromatic heterocycles. The number of halogens is 1. The molecule has 4 heteroatoms. The summed E-state index contributed by atoms with van der Waals surface area (Å²) >= 11 is 5.15. The fraction of sp³-hybridized carbons (Fsp3) is 0.636. The Morgan fingerprint density at radius 1 is 1.60 bits per heavy atom. The van der Waals surface area contributed by atoms with Gasteiger partial charge in [-0.1, -0.05) is 0 Å². The maximum absolute atomic E-state index is 9.78. The van der Waals surface area contributed by atoms with Gasteiger partial charge in [0.05, 0.1) is 6.10 Å². The molecule has 0 saturated carbocycles. The Balaban J connectivity index is 2.18. The number of ether oxygens (including phenoxy) is 1. The second kappa shape index (κ2) is 7.39. The number of hydrogen-bond acceptors (Lipinski definition) is 3. The van der Waals surface area contributed by atoms with E-state index in [1.165, 1.54) is 4.88 Å². The molecular formula is C11H17BrO2S. The third-order valence-electron chi connectivity index (χ3n) is 2.14. The van der Waals surface area contributed by atoms with Gasteiger partial charge >= 0.3 is 0 Å². The van der Waals surface area contributed by atoms with Crippen LogP contribution in [-0.2, 0) is 11.2 Å². The minimum atomic E-state index is -0.250. The molecule has 1 heterocycles. The highest BCUT2D eigenvalue weighted by atomic mass is 79.9. The van der Waals surface area contributed by atoms with Crippen LogP contribution in [0.1, 0.15) is 24.6 Å². The van der Waals surface area contributed by atoms with E-state index >= 15 is 0 Å². The molecule has 0 radical (unpaired) electrons. The van der Waals surface area contributed by atoms with Crippen molar-refractivity contribution in [1.29, 1.82) is 0 Å². The first-order valence-corrected chi connectivity index (χ1v) is 6.89. The van der Waals surface area contributed by atoms with Crippen molar-refractivity contribution in [2.45, 2.75) is 32.3 Å². The van der Waals surface area contributed by atoms with Crippen LogP contribution in [0.4, 0.5) is 0 Å². The van der Waals surface area contributed by atoms with Gasteiger partial charge in [-0.05, 0) is 47.1 Å². The van der Waals surface area contributed by atoms with Crippen LogP contribution in [0.3, 0.4) is 0 Å². The Morgan fingerprint density at radius 3 is 3.00 bits per heavy atom. The van der Waals surface area contributed by atoms with Crippen molar-refractivity contribution in [2.24, 2.45) is 0 Å². The SMILES string of the molecule is CCOCCCC(O)Cc1sccc1Br. The molecule has 0 aromatic carbocycles. The van der Waals surface area contributed by atoms with Gasteiger partial charge in [0, 0.05) is 29.0 Å². The van der Waals surface area contributed by atoms with E-state index in [9.17, 15) is 5.11 Å². The summed E-state index contributed by atoms with van der Waals surface area (Å²) in [6.45, 7) is 3.49. The summed E-state index contributed by atoms with van der Waals surface area (Å²) in [6.07, 6.45) is 2.23. The summed E-state index contributed by atoms with van der Waals surface area (Å²) in [5.74, 6) is 0. The van der Waals surface area contributed by atoms with Gasteiger partial charge < -0.3 is 9.84 Å². The molecule has 2 nitrogen and oxygen atoms in total. The van der Waals surface area contributed by atoms with E-state index < -0.39 is 0 Å². The topological polar surface area (TPSA) is 29.5 Å². The van der Waals surface area contributed by atoms with E-state index in [0.29, 0.717) is 0 Å². The monoisotopic (exact) mass is 292 g/mol. The van der Waals surface area contributed by atoms with Crippen molar-refractivity contribution in [2.75, 3.05) is 13.2 Å². The third kappa shape index (κ3) is 5.11. The van der Waals surface area contributed by atoms with Gasteiger partial charge in [0.15, 0.2) is 0 Å². The molecule has 0 saturated heterocycles. The lowest BCUT2D eigenvalue weighted by Gasteiger charge is -2.09. The smallest absolute Gasteiger partial charge is 0.0589 e. The predicted molar refractivity (Wildman–Crippen MR) is 67.5 cm³/mol. The minimum absolute atomic E-state index is 0.250. The maximum atomic E-state index is 9.78. The fourth-order valence-electron chi connectivity index (χ4n) is 1.35. The molecule has 1 atom stereocenters. The summed E-state index contributed by atoms with van der Waals surface area (Å²) in [6, 6.07) is 2.02. The van der Waals surface area contributed by atoms with Gasteiger partial charge in [0.1, 0.15) is 0 Å². The standard InChI is InChI=1S/C11H17BrO2S/c1-2-14-6-3-4-9(13)8-11-10(12)5-7-15-11/h5,7,9,13H,2-4,6,8H2,1H3. The van der Waals surface area contributed by atoms with Gasteiger partial charge in [-0.3, -0.25) is 0 Å². The number of thiophene rings is 1. The Morgan fingerprint density at radius 2 is 2.40 bits per heavy atom. The van der Waals surface area contributed by atoms with E-state index in [0.717, 1.165) is 36.9 Å². The summed E-state index contributed by atoms with van der Waals surface area (Å²) in [5.41, 5.74) is 0. The first kappa shape index (κ1) is 13.2. The van der Waals surface area contributed by atoms with E-state index in [1.807, 2.05) is 18.4 Å². The Labute approximate surface area is 103 Å². The molecule has 0 amide bonds. The van der Waals surface area contributed by atoms with Crippen molar-refractivity contribution in [1.82, 2.24) is 0 Å². The second-order valence-electron chi connectivity index (χ2n) is 3.39. The van der Waals surface area contributed by atoms with Gasteiger partial charge in [0.2, 0.25) is 0 Å². The van der Waals surface area contributed by atoms with Crippen LogP contribution >= 0.6 is 27.3 Å². The predicted octanol–water partition coefficient (Wildman–Crippen LogP) is 3.23. The van der Waals surface area contributed by atoms with Crippen molar-refractivity contribution < 1.29 is 9.84 Å². The zero-order valence-electron chi connectivity index (χ0n) is 8.91. The van der Waals surface area contributed by atoms with Crippen LogP contribution in [0, 0.1) is 0 Å². The third-order valence-corrected chi connectivity index (χ3v) is 4.09. The van der Waals surface area contributed by atoms with Crippen LogP contribution in [0.25, 0.3) is 0 Å². The molecule has 1 unspecified atom stereocenters. The molecule has 0 aliphatic heterocycles. The van der Waals surface area contributed by atoms with Crippen LogP contribution in [-0.4, -0.2) is 24.4 Å². The zero-order valence-corrected chi connectivity index (χ0v) is 11.3. The Bertz CT molecular complexity index is 275. The average Bonchev–Trinajstić information content (AvgIpc) is 2.59. The van der Waals surface area contributed by atoms with E-state index in [-0.39, 0.29) is 6.10 Å². The highest BCUT2D eigenvalue weighted by Gasteiger charge is 2.09. The van der Waals surface area contributed by atoms with Crippen molar-refractivity contribution in [3.8, 4) is 0 Å². The number of aliphatic hydroxyl groups is 1. The molecule has 0 aliphatic rings. The molecular weight excluding hydrogens is 276 g/mol. The Kier molecular flexibility index (Phi) is 6.48. The molecule has 0 aliphatic carbocycles. The number of hydrogen-bond donors (Lipinski definition) is 1. The normalized spacial score (nSPS) is 13.0. The quantitative estimate of drug-likeness (QED) is 0.782. The summed E-state index contributed by atoms with van der Waals surface area (Å²) in [4.78, 5) is 1.22. The summed E-state index contributed by atoms with van der Waals surface area (Å²) in [7, 11) is 0. The van der Waals surface area contributed by atoms with Gasteiger partial charge in [0.25, 0.3) is 0 Å². The zero-order chi connectivity index (χ0) is 11.1. The molecule has 86 valence electrons.